The number of unbranched alkanes of at least 4 members (excludes halogenated alkanes) is 3. The van der Waals surface area contributed by atoms with E-state index in [9.17, 15) is 33.6 Å². The monoisotopic (exact) mass is 995 g/mol. The van der Waals surface area contributed by atoms with E-state index in [0.29, 0.717) is 38.5 Å². The van der Waals surface area contributed by atoms with Gasteiger partial charge in [-0.05, 0) is 101 Å². The first-order chi connectivity index (χ1) is 34.7. The molecule has 0 aromatic heterocycles. The normalized spacial score (nSPS) is 12.1. The van der Waals surface area contributed by atoms with Crippen LogP contribution in [-0.2, 0) is 64.5 Å². The molecule has 0 fully saturated rings. The lowest BCUT2D eigenvalue weighted by Gasteiger charge is -2.26. The molecule has 0 aliphatic carbocycles. The van der Waals surface area contributed by atoms with Crippen molar-refractivity contribution in [1.29, 1.82) is 0 Å². The Hall–Kier alpha value is -7.63. The summed E-state index contributed by atoms with van der Waals surface area (Å²) in [6.45, 7) is 5.95. The van der Waals surface area contributed by atoms with Crippen molar-refractivity contribution in [2.45, 2.75) is 129 Å². The molecular weight excluding hydrogens is 925 g/mol. The van der Waals surface area contributed by atoms with Crippen LogP contribution in [0, 0.1) is 0 Å². The number of rotatable bonds is 29. The number of amides is 6. The van der Waals surface area contributed by atoms with Crippen molar-refractivity contribution in [1.82, 2.24) is 31.9 Å². The Kier molecular flexibility index (Phi) is 25.5. The number of alkyl carbamates (subject to hydrolysis) is 4. The van der Waals surface area contributed by atoms with Gasteiger partial charge in [0.2, 0.25) is 11.8 Å². The molecule has 388 valence electrons. The number of hydrogen-bond donors (Lipinski definition) is 6. The number of carbonyl (C=O) groups is 7. The van der Waals surface area contributed by atoms with Gasteiger partial charge >= 0.3 is 30.3 Å². The van der Waals surface area contributed by atoms with Crippen LogP contribution in [0.15, 0.2) is 121 Å². The third kappa shape index (κ3) is 24.8. The van der Waals surface area contributed by atoms with E-state index in [1.807, 2.05) is 109 Å². The zero-order valence-electron chi connectivity index (χ0n) is 41.5. The minimum atomic E-state index is -1.21. The molecule has 0 radical (unpaired) electrons. The Balaban J connectivity index is 1.42. The van der Waals surface area contributed by atoms with Crippen LogP contribution in [0.25, 0.3) is 0 Å². The molecule has 18 nitrogen and oxygen atoms in total. The molecule has 4 rings (SSSR count). The molecule has 0 saturated carbocycles. The van der Waals surface area contributed by atoms with Gasteiger partial charge in [0.05, 0.1) is 0 Å². The van der Waals surface area contributed by atoms with Crippen molar-refractivity contribution in [3.63, 3.8) is 0 Å². The standard InChI is InChI=1S/C54H70N6O12/c1-54(2,3)72-53(67)60-45(31-17-20-34-56-51(65)70-38-42-26-12-6-13-27-42)48(62)58-44(30-16-19-33-55-50(64)69-37-41-24-10-5-11-25-41)47(61)59-46(49(63)68-36-40-22-8-4-9-23-40)32-18-21-35-57-52(66)71-39-43-28-14-7-15-29-43/h4-15,22-29,44-46H,16-21,30-39H2,1-3H3,(H,55,64)(H,56,65)(H,57,66)(H,58,62)(H,59,61)(H,60,67). The van der Waals surface area contributed by atoms with Crippen LogP contribution >= 0.6 is 0 Å². The van der Waals surface area contributed by atoms with Gasteiger partial charge in [0.25, 0.3) is 0 Å². The maximum Gasteiger partial charge on any atom is 0.408 e. The van der Waals surface area contributed by atoms with Crippen LogP contribution in [0.5, 0.6) is 0 Å². The van der Waals surface area contributed by atoms with Crippen molar-refractivity contribution in [2.24, 2.45) is 0 Å². The number of hydrogen-bond acceptors (Lipinski definition) is 12. The second-order valence-electron chi connectivity index (χ2n) is 17.9. The van der Waals surface area contributed by atoms with Crippen LogP contribution < -0.4 is 31.9 Å². The maximum absolute atomic E-state index is 14.3. The highest BCUT2D eigenvalue weighted by Crippen LogP contribution is 2.13. The molecule has 72 heavy (non-hydrogen) atoms. The first-order valence-electron chi connectivity index (χ1n) is 24.4. The third-order valence-electron chi connectivity index (χ3n) is 10.7. The molecule has 0 aliphatic rings. The topological polar surface area (TPSA) is 238 Å². The predicted octanol–water partition coefficient (Wildman–Crippen LogP) is 7.88. The van der Waals surface area contributed by atoms with Crippen LogP contribution in [0.2, 0.25) is 0 Å². The highest BCUT2D eigenvalue weighted by molar-refractivity contribution is 5.93. The molecule has 18 heteroatoms. The Morgan fingerprint density at radius 3 is 1.04 bits per heavy atom. The number of benzene rings is 4. The van der Waals surface area contributed by atoms with Gasteiger partial charge in [-0.3, -0.25) is 9.59 Å². The van der Waals surface area contributed by atoms with Crippen LogP contribution in [-0.4, -0.2) is 85.5 Å². The van der Waals surface area contributed by atoms with Crippen molar-refractivity contribution < 1.29 is 57.2 Å². The maximum atomic E-state index is 14.3. The van der Waals surface area contributed by atoms with Gasteiger partial charge in [0.1, 0.15) is 50.2 Å². The fourth-order valence-corrected chi connectivity index (χ4v) is 6.92. The van der Waals surface area contributed by atoms with Crippen molar-refractivity contribution in [2.75, 3.05) is 19.6 Å². The average molecular weight is 995 g/mol. The lowest BCUT2D eigenvalue weighted by atomic mass is 10.0. The third-order valence-corrected chi connectivity index (χ3v) is 10.7. The van der Waals surface area contributed by atoms with E-state index < -0.39 is 65.9 Å². The quantitative estimate of drug-likeness (QED) is 0.0173. The van der Waals surface area contributed by atoms with E-state index in [2.05, 4.69) is 31.9 Å². The fourth-order valence-electron chi connectivity index (χ4n) is 6.92. The summed E-state index contributed by atoms with van der Waals surface area (Å²) >= 11 is 0. The second kappa shape index (κ2) is 32.3. The summed E-state index contributed by atoms with van der Waals surface area (Å²) in [6.07, 6.45) is -0.0249. The number of esters is 1. The SMILES string of the molecule is CC(C)(C)OC(=O)NC(CCCCNC(=O)OCc1ccccc1)C(=O)NC(CCCCNC(=O)OCc1ccccc1)C(=O)NC(CCCCNC(=O)OCc1ccccc1)C(=O)OCc1ccccc1. The van der Waals surface area contributed by atoms with Gasteiger partial charge in [-0.1, -0.05) is 121 Å². The smallest absolute Gasteiger partial charge is 0.408 e. The number of ether oxygens (including phenoxy) is 5. The lowest BCUT2D eigenvalue weighted by molar-refractivity contribution is -0.149. The molecule has 3 atom stereocenters. The van der Waals surface area contributed by atoms with Crippen LogP contribution in [0.3, 0.4) is 0 Å². The molecule has 0 heterocycles. The second-order valence-corrected chi connectivity index (χ2v) is 17.9. The minimum absolute atomic E-state index is 0.0514. The molecule has 3 unspecified atom stereocenters. The molecule has 0 aliphatic heterocycles. The number of carbonyl (C=O) groups excluding carboxylic acids is 7. The van der Waals surface area contributed by atoms with Crippen molar-refractivity contribution in [3.05, 3.63) is 144 Å². The first kappa shape index (κ1) is 57.0. The Morgan fingerprint density at radius 2 is 0.694 bits per heavy atom. The molecule has 6 amide bonds. The summed E-state index contributed by atoms with van der Waals surface area (Å²) in [5.41, 5.74) is 2.35. The van der Waals surface area contributed by atoms with E-state index in [1.165, 1.54) is 0 Å². The molecule has 6 N–H and O–H groups in total. The summed E-state index contributed by atoms with van der Waals surface area (Å²) in [4.78, 5) is 92.4. The van der Waals surface area contributed by atoms with Gasteiger partial charge in [-0.15, -0.1) is 0 Å². The van der Waals surface area contributed by atoms with Crippen molar-refractivity contribution in [3.8, 4) is 0 Å². The van der Waals surface area contributed by atoms with Crippen LogP contribution in [0.1, 0.15) is 101 Å². The molecular formula is C54H70N6O12. The van der Waals surface area contributed by atoms with Crippen LogP contribution in [0.4, 0.5) is 19.2 Å². The summed E-state index contributed by atoms with van der Waals surface area (Å²) in [5.74, 6) is -2.07. The zero-order chi connectivity index (χ0) is 51.8. The van der Waals surface area contributed by atoms with Gasteiger partial charge in [0, 0.05) is 19.6 Å². The Bertz CT molecular complexity index is 2250. The van der Waals surface area contributed by atoms with E-state index >= 15 is 0 Å². The van der Waals surface area contributed by atoms with E-state index in [0.717, 1.165) is 22.3 Å². The van der Waals surface area contributed by atoms with E-state index in [1.54, 1.807) is 32.9 Å². The van der Waals surface area contributed by atoms with Gasteiger partial charge in [-0.25, -0.2) is 24.0 Å². The van der Waals surface area contributed by atoms with Gasteiger partial charge < -0.3 is 55.6 Å². The van der Waals surface area contributed by atoms with Crippen molar-refractivity contribution >= 4 is 42.2 Å². The number of nitrogens with one attached hydrogen (secondary N) is 6. The molecule has 4 aromatic rings. The zero-order valence-corrected chi connectivity index (χ0v) is 41.5. The highest BCUT2D eigenvalue weighted by atomic mass is 16.6. The Labute approximate surface area is 422 Å². The largest absolute Gasteiger partial charge is 0.459 e. The fraction of sp³-hybridized carbons (Fsp3) is 0.426. The molecule has 0 saturated heterocycles. The molecule has 0 bridgehead atoms. The summed E-state index contributed by atoms with van der Waals surface area (Å²) in [7, 11) is 0. The Morgan fingerprint density at radius 1 is 0.389 bits per heavy atom. The summed E-state index contributed by atoms with van der Waals surface area (Å²) in [6, 6.07) is 33.2. The lowest BCUT2D eigenvalue weighted by Crippen LogP contribution is -2.56. The summed E-state index contributed by atoms with van der Waals surface area (Å²) < 4.78 is 27.0. The average Bonchev–Trinajstić information content (AvgIpc) is 3.37. The highest BCUT2D eigenvalue weighted by Gasteiger charge is 2.31. The van der Waals surface area contributed by atoms with Gasteiger partial charge in [-0.2, -0.15) is 0 Å². The predicted molar refractivity (Wildman–Crippen MR) is 269 cm³/mol. The van der Waals surface area contributed by atoms with Gasteiger partial charge in [0.15, 0.2) is 0 Å². The summed E-state index contributed by atoms with van der Waals surface area (Å²) in [5, 5.41) is 16.3. The minimum Gasteiger partial charge on any atom is -0.459 e. The van der Waals surface area contributed by atoms with E-state index in [-0.39, 0.29) is 65.3 Å². The van der Waals surface area contributed by atoms with E-state index in [4.69, 9.17) is 23.7 Å². The first-order valence-corrected chi connectivity index (χ1v) is 24.4. The molecule has 4 aromatic carbocycles. The molecule has 0 spiro atoms.